The van der Waals surface area contributed by atoms with Gasteiger partial charge in [0.15, 0.2) is 5.13 Å². The molecule has 1 N–H and O–H groups in total. The summed E-state index contributed by atoms with van der Waals surface area (Å²) in [6.45, 7) is 7.07. The fourth-order valence-electron chi connectivity index (χ4n) is 3.63. The van der Waals surface area contributed by atoms with Crippen LogP contribution in [0.15, 0.2) is 42.5 Å². The van der Waals surface area contributed by atoms with Gasteiger partial charge in [0.25, 0.3) is 5.91 Å². The summed E-state index contributed by atoms with van der Waals surface area (Å²) in [4.78, 5) is 21.0. The Morgan fingerprint density at radius 2 is 2.03 bits per heavy atom. The normalized spacial score (nSPS) is 15.0. The van der Waals surface area contributed by atoms with Crippen molar-refractivity contribution in [1.29, 1.82) is 0 Å². The summed E-state index contributed by atoms with van der Waals surface area (Å²) in [6, 6.07) is 12.5. The van der Waals surface area contributed by atoms with E-state index in [-0.39, 0.29) is 11.7 Å². The number of carbonyl (C=O) groups excluding carboxylic acids is 1. The Hall–Kier alpha value is -2.35. The molecule has 0 bridgehead atoms. The summed E-state index contributed by atoms with van der Waals surface area (Å²) in [6.07, 6.45) is 0.852. The number of halogens is 1. The molecule has 5 nitrogen and oxygen atoms in total. The van der Waals surface area contributed by atoms with Crippen LogP contribution in [0, 0.1) is 12.7 Å². The second-order valence-electron chi connectivity index (χ2n) is 7.38. The van der Waals surface area contributed by atoms with Crippen molar-refractivity contribution in [3.63, 3.8) is 0 Å². The summed E-state index contributed by atoms with van der Waals surface area (Å²) in [5.74, 6) is -0.448. The lowest BCUT2D eigenvalue weighted by Gasteiger charge is -2.25. The van der Waals surface area contributed by atoms with Crippen LogP contribution in [0.1, 0.15) is 22.3 Å². The summed E-state index contributed by atoms with van der Waals surface area (Å²) in [7, 11) is 0. The van der Waals surface area contributed by atoms with Crippen LogP contribution in [0.3, 0.4) is 0 Å². The number of benzene rings is 2. The Bertz CT molecular complexity index is 1000. The monoisotopic (exact) mass is 414 g/mol. The Balaban J connectivity index is 1.58. The Morgan fingerprint density at radius 1 is 1.24 bits per heavy atom. The van der Waals surface area contributed by atoms with Gasteiger partial charge in [-0.05, 0) is 31.2 Å². The van der Waals surface area contributed by atoms with Gasteiger partial charge in [-0.2, -0.15) is 0 Å². The standard InChI is InChI=1S/C22H24FN3O2S/c1-16-5-2-6-17(15-16)21(27)26(10-4-9-25-11-13-28-14-12-25)22-24-20-18(23)7-3-8-19(20)29-22/h2-3,5-8,15H,4,9-14H2,1H3/p+1. The molecule has 1 fully saturated rings. The van der Waals surface area contributed by atoms with Crippen molar-refractivity contribution < 1.29 is 18.8 Å². The number of nitrogens with one attached hydrogen (secondary N) is 1. The third-order valence-corrected chi connectivity index (χ3v) is 6.26. The van der Waals surface area contributed by atoms with E-state index in [1.54, 1.807) is 11.0 Å². The van der Waals surface area contributed by atoms with Crippen molar-refractivity contribution in [3.8, 4) is 0 Å². The molecule has 152 valence electrons. The molecule has 1 aliphatic rings. The van der Waals surface area contributed by atoms with E-state index < -0.39 is 0 Å². The molecule has 0 unspecified atom stereocenters. The second kappa shape index (κ2) is 8.98. The number of amides is 1. The molecule has 1 aliphatic heterocycles. The zero-order valence-electron chi connectivity index (χ0n) is 16.5. The van der Waals surface area contributed by atoms with E-state index in [9.17, 15) is 9.18 Å². The minimum Gasteiger partial charge on any atom is -0.370 e. The zero-order chi connectivity index (χ0) is 20.2. The number of ether oxygens (including phenoxy) is 1. The third kappa shape index (κ3) is 4.63. The number of fused-ring (bicyclic) bond motifs is 1. The fourth-order valence-corrected chi connectivity index (χ4v) is 4.64. The molecule has 7 heteroatoms. The molecule has 4 rings (SSSR count). The summed E-state index contributed by atoms with van der Waals surface area (Å²) < 4.78 is 20.3. The largest absolute Gasteiger partial charge is 0.370 e. The van der Waals surface area contributed by atoms with E-state index in [2.05, 4.69) is 4.98 Å². The number of rotatable bonds is 6. The average Bonchev–Trinajstić information content (AvgIpc) is 3.17. The van der Waals surface area contributed by atoms with E-state index in [4.69, 9.17) is 4.74 Å². The quantitative estimate of drug-likeness (QED) is 0.675. The van der Waals surface area contributed by atoms with Gasteiger partial charge in [0, 0.05) is 18.5 Å². The van der Waals surface area contributed by atoms with Crippen LogP contribution >= 0.6 is 11.3 Å². The molecule has 0 spiro atoms. The molecule has 0 saturated carbocycles. The number of aromatic nitrogens is 1. The second-order valence-corrected chi connectivity index (χ2v) is 8.38. The third-order valence-electron chi connectivity index (χ3n) is 5.21. The number of aryl methyl sites for hydroxylation is 1. The van der Waals surface area contributed by atoms with Crippen molar-refractivity contribution in [2.24, 2.45) is 0 Å². The van der Waals surface area contributed by atoms with E-state index in [1.807, 2.05) is 37.3 Å². The predicted molar refractivity (Wildman–Crippen MR) is 113 cm³/mol. The van der Waals surface area contributed by atoms with Crippen LogP contribution in [-0.4, -0.2) is 50.3 Å². The molecular formula is C22H25FN3O2S+. The van der Waals surface area contributed by atoms with Gasteiger partial charge >= 0.3 is 0 Å². The van der Waals surface area contributed by atoms with Crippen LogP contribution in [0.25, 0.3) is 10.2 Å². The van der Waals surface area contributed by atoms with Crippen molar-refractivity contribution in [3.05, 3.63) is 59.4 Å². The van der Waals surface area contributed by atoms with Gasteiger partial charge < -0.3 is 9.64 Å². The molecule has 3 aromatic rings. The van der Waals surface area contributed by atoms with Crippen molar-refractivity contribution >= 4 is 32.6 Å². The van der Waals surface area contributed by atoms with Crippen molar-refractivity contribution in [2.45, 2.75) is 13.3 Å². The Morgan fingerprint density at radius 3 is 2.79 bits per heavy atom. The maximum absolute atomic E-state index is 14.2. The van der Waals surface area contributed by atoms with E-state index in [1.165, 1.54) is 22.3 Å². The first-order valence-electron chi connectivity index (χ1n) is 9.97. The molecule has 0 atom stereocenters. The fraction of sp³-hybridized carbons (Fsp3) is 0.364. The molecule has 29 heavy (non-hydrogen) atoms. The summed E-state index contributed by atoms with van der Waals surface area (Å²) in [5.41, 5.74) is 1.99. The van der Waals surface area contributed by atoms with Gasteiger partial charge in [0.2, 0.25) is 0 Å². The van der Waals surface area contributed by atoms with Gasteiger partial charge in [-0.1, -0.05) is 35.1 Å². The highest BCUT2D eigenvalue weighted by Gasteiger charge is 2.23. The van der Waals surface area contributed by atoms with Crippen LogP contribution in [0.4, 0.5) is 9.52 Å². The van der Waals surface area contributed by atoms with Gasteiger partial charge in [-0.25, -0.2) is 9.37 Å². The van der Waals surface area contributed by atoms with Gasteiger partial charge in [-0.3, -0.25) is 9.69 Å². The first kappa shape index (κ1) is 19.9. The van der Waals surface area contributed by atoms with Crippen molar-refractivity contribution in [1.82, 2.24) is 4.98 Å². The first-order valence-corrected chi connectivity index (χ1v) is 10.8. The zero-order valence-corrected chi connectivity index (χ0v) is 17.3. The maximum atomic E-state index is 14.2. The molecule has 2 heterocycles. The maximum Gasteiger partial charge on any atom is 0.260 e. The molecule has 0 aliphatic carbocycles. The van der Waals surface area contributed by atoms with Gasteiger partial charge in [0.1, 0.15) is 24.4 Å². The van der Waals surface area contributed by atoms with Crippen LogP contribution in [0.2, 0.25) is 0 Å². The van der Waals surface area contributed by atoms with Crippen molar-refractivity contribution in [2.75, 3.05) is 44.3 Å². The van der Waals surface area contributed by atoms with Crippen LogP contribution < -0.4 is 9.80 Å². The topological polar surface area (TPSA) is 46.9 Å². The number of thiazole rings is 1. The lowest BCUT2D eigenvalue weighted by molar-refractivity contribution is -0.908. The number of morpholine rings is 1. The molecule has 1 saturated heterocycles. The number of anilines is 1. The van der Waals surface area contributed by atoms with E-state index in [0.29, 0.717) is 22.8 Å². The van der Waals surface area contributed by atoms with Crippen LogP contribution in [-0.2, 0) is 4.74 Å². The molecular weight excluding hydrogens is 389 g/mol. The highest BCUT2D eigenvalue weighted by atomic mass is 32.1. The number of para-hydroxylation sites is 1. The summed E-state index contributed by atoms with van der Waals surface area (Å²) >= 11 is 1.36. The highest BCUT2D eigenvalue weighted by Crippen LogP contribution is 2.31. The lowest BCUT2D eigenvalue weighted by atomic mass is 10.1. The van der Waals surface area contributed by atoms with Gasteiger partial charge in [0.05, 0.1) is 24.5 Å². The minimum atomic E-state index is -0.356. The predicted octanol–water partition coefficient (Wildman–Crippen LogP) is 2.70. The Labute approximate surface area is 173 Å². The number of carbonyl (C=O) groups is 1. The van der Waals surface area contributed by atoms with E-state index in [0.717, 1.165) is 49.5 Å². The number of quaternary nitrogens is 1. The Kier molecular flexibility index (Phi) is 6.18. The minimum absolute atomic E-state index is 0.0925. The number of hydrogen-bond acceptors (Lipinski definition) is 4. The summed E-state index contributed by atoms with van der Waals surface area (Å²) in [5, 5.41) is 0.550. The van der Waals surface area contributed by atoms with Gasteiger partial charge in [-0.15, -0.1) is 0 Å². The highest BCUT2D eigenvalue weighted by molar-refractivity contribution is 7.22. The molecule has 0 radical (unpaired) electrons. The molecule has 1 amide bonds. The average molecular weight is 415 g/mol. The first-order chi connectivity index (χ1) is 14.1. The molecule has 1 aromatic heterocycles. The number of nitrogens with zero attached hydrogens (tertiary/aromatic N) is 2. The SMILES string of the molecule is Cc1cccc(C(=O)N(CCC[NH+]2CCOCC2)c2nc3c(F)cccc3s2)c1. The smallest absolute Gasteiger partial charge is 0.260 e. The number of hydrogen-bond donors (Lipinski definition) is 1. The lowest BCUT2D eigenvalue weighted by Crippen LogP contribution is -3.14. The van der Waals surface area contributed by atoms with E-state index >= 15 is 0 Å². The molecule has 2 aromatic carbocycles. The van der Waals surface area contributed by atoms with Crippen LogP contribution in [0.5, 0.6) is 0 Å².